The van der Waals surface area contributed by atoms with E-state index in [1.807, 2.05) is 30.3 Å². The number of carbonyl (C=O) groups is 1. The van der Waals surface area contributed by atoms with Gasteiger partial charge in [-0.3, -0.25) is 4.79 Å². The second-order valence-corrected chi connectivity index (χ2v) is 6.85. The van der Waals surface area contributed by atoms with E-state index >= 15 is 0 Å². The summed E-state index contributed by atoms with van der Waals surface area (Å²) in [6.45, 7) is 4.39. The molecule has 0 bridgehead atoms. The number of anilines is 1. The Morgan fingerprint density at radius 3 is 2.69 bits per heavy atom. The molecule has 136 valence electrons. The van der Waals surface area contributed by atoms with E-state index < -0.39 is 0 Å². The molecule has 1 heterocycles. The molecule has 3 aromatic rings. The number of oxazole rings is 1. The minimum Gasteiger partial charge on any atom is -0.436 e. The highest BCUT2D eigenvalue weighted by atomic mass is 35.5. The van der Waals surface area contributed by atoms with Gasteiger partial charge in [-0.2, -0.15) is 0 Å². The minimum atomic E-state index is -0.0298. The van der Waals surface area contributed by atoms with Crippen molar-refractivity contribution in [1.29, 1.82) is 0 Å². The van der Waals surface area contributed by atoms with Crippen LogP contribution in [0.5, 0.6) is 0 Å². The van der Waals surface area contributed by atoms with Crippen molar-refractivity contribution in [2.24, 2.45) is 0 Å². The van der Waals surface area contributed by atoms with E-state index in [4.69, 9.17) is 16.0 Å². The summed E-state index contributed by atoms with van der Waals surface area (Å²) < 4.78 is 5.88. The molecular weight excluding hydrogens is 348 g/mol. The Labute approximate surface area is 158 Å². The number of aromatic nitrogens is 1. The van der Waals surface area contributed by atoms with Crippen LogP contribution in [0.4, 0.5) is 5.69 Å². The van der Waals surface area contributed by atoms with E-state index in [2.05, 4.69) is 36.3 Å². The fourth-order valence-corrected chi connectivity index (χ4v) is 2.89. The third-order valence-electron chi connectivity index (χ3n) is 4.55. The molecule has 4 nitrogen and oxygen atoms in total. The summed E-state index contributed by atoms with van der Waals surface area (Å²) >= 11 is 5.61. The summed E-state index contributed by atoms with van der Waals surface area (Å²) in [6.07, 6.45) is 2.19. The maximum Gasteiger partial charge on any atom is 0.227 e. The van der Waals surface area contributed by atoms with Gasteiger partial charge in [-0.15, -0.1) is 11.6 Å². The predicted octanol–water partition coefficient (Wildman–Crippen LogP) is 5.97. The molecular formula is C21H23ClN2O2. The van der Waals surface area contributed by atoms with Crippen LogP contribution in [-0.2, 0) is 4.79 Å². The highest BCUT2D eigenvalue weighted by molar-refractivity contribution is 6.18. The Hall–Kier alpha value is -2.33. The molecule has 1 aromatic heterocycles. The van der Waals surface area contributed by atoms with Crippen molar-refractivity contribution >= 4 is 34.3 Å². The standard InChI is InChI=1S/C21H23ClN2O2/c1-3-14(2)16-8-11-19-18(13-16)24-21(26-19)15-6-9-17(10-7-15)23-20(25)5-4-12-22/h6-11,13-14H,3-5,12H2,1-2H3,(H,23,25)/t14-/m1/s1. The van der Waals surface area contributed by atoms with Crippen molar-refractivity contribution in [3.8, 4) is 11.5 Å². The van der Waals surface area contributed by atoms with Gasteiger partial charge in [-0.05, 0) is 60.7 Å². The van der Waals surface area contributed by atoms with E-state index in [-0.39, 0.29) is 5.91 Å². The molecule has 0 aliphatic heterocycles. The molecule has 0 saturated heterocycles. The van der Waals surface area contributed by atoms with Gasteiger partial charge in [-0.25, -0.2) is 4.98 Å². The Morgan fingerprint density at radius 2 is 2.00 bits per heavy atom. The van der Waals surface area contributed by atoms with Crippen LogP contribution in [0.25, 0.3) is 22.6 Å². The van der Waals surface area contributed by atoms with E-state index in [0.717, 1.165) is 28.8 Å². The van der Waals surface area contributed by atoms with Gasteiger partial charge in [0.25, 0.3) is 0 Å². The number of fused-ring (bicyclic) bond motifs is 1. The van der Waals surface area contributed by atoms with Crippen molar-refractivity contribution in [1.82, 2.24) is 4.98 Å². The second kappa shape index (κ2) is 8.37. The Morgan fingerprint density at radius 1 is 1.23 bits per heavy atom. The van der Waals surface area contributed by atoms with Gasteiger partial charge in [0.15, 0.2) is 5.58 Å². The van der Waals surface area contributed by atoms with Gasteiger partial charge < -0.3 is 9.73 Å². The van der Waals surface area contributed by atoms with Gasteiger partial charge in [0.05, 0.1) is 0 Å². The van der Waals surface area contributed by atoms with Crippen molar-refractivity contribution in [3.05, 3.63) is 48.0 Å². The lowest BCUT2D eigenvalue weighted by Gasteiger charge is -2.07. The molecule has 0 fully saturated rings. The zero-order chi connectivity index (χ0) is 18.5. The fraction of sp³-hybridized carbons (Fsp3) is 0.333. The summed E-state index contributed by atoms with van der Waals surface area (Å²) in [6, 6.07) is 13.7. The predicted molar refractivity (Wildman–Crippen MR) is 107 cm³/mol. The Balaban J connectivity index is 1.77. The lowest BCUT2D eigenvalue weighted by Crippen LogP contribution is -2.11. The number of halogens is 1. The number of nitrogens with one attached hydrogen (secondary N) is 1. The minimum absolute atomic E-state index is 0.0298. The number of benzene rings is 2. The monoisotopic (exact) mass is 370 g/mol. The fourth-order valence-electron chi connectivity index (χ4n) is 2.76. The van der Waals surface area contributed by atoms with Gasteiger partial charge in [-0.1, -0.05) is 19.9 Å². The average molecular weight is 371 g/mol. The number of alkyl halides is 1. The van der Waals surface area contributed by atoms with Crippen LogP contribution in [0.2, 0.25) is 0 Å². The SMILES string of the molecule is CC[C@@H](C)c1ccc2oc(-c3ccc(NC(=O)CCCCl)cc3)nc2c1. The summed E-state index contributed by atoms with van der Waals surface area (Å²) in [4.78, 5) is 16.4. The van der Waals surface area contributed by atoms with Gasteiger partial charge in [0.1, 0.15) is 5.52 Å². The van der Waals surface area contributed by atoms with E-state index in [0.29, 0.717) is 30.5 Å². The average Bonchev–Trinajstić information content (AvgIpc) is 3.09. The Bertz CT molecular complexity index is 887. The molecule has 0 unspecified atom stereocenters. The Kier molecular flexibility index (Phi) is 5.94. The maximum atomic E-state index is 11.8. The first kappa shape index (κ1) is 18.5. The zero-order valence-electron chi connectivity index (χ0n) is 15.1. The first-order valence-corrected chi connectivity index (χ1v) is 9.51. The molecule has 0 saturated carbocycles. The molecule has 1 N–H and O–H groups in total. The van der Waals surface area contributed by atoms with Gasteiger partial charge in [0, 0.05) is 23.6 Å². The summed E-state index contributed by atoms with van der Waals surface area (Å²) in [5.74, 6) is 1.54. The smallest absolute Gasteiger partial charge is 0.227 e. The zero-order valence-corrected chi connectivity index (χ0v) is 15.8. The second-order valence-electron chi connectivity index (χ2n) is 6.47. The molecule has 1 atom stereocenters. The van der Waals surface area contributed by atoms with Crippen LogP contribution in [0.3, 0.4) is 0 Å². The molecule has 1 amide bonds. The van der Waals surface area contributed by atoms with Crippen molar-refractivity contribution in [3.63, 3.8) is 0 Å². The molecule has 26 heavy (non-hydrogen) atoms. The molecule has 3 rings (SSSR count). The van der Waals surface area contributed by atoms with E-state index in [1.54, 1.807) is 0 Å². The van der Waals surface area contributed by atoms with Crippen molar-refractivity contribution < 1.29 is 9.21 Å². The summed E-state index contributed by atoms with van der Waals surface area (Å²) in [7, 11) is 0. The molecule has 2 aromatic carbocycles. The summed E-state index contributed by atoms with van der Waals surface area (Å²) in [5, 5.41) is 2.86. The number of nitrogens with zero attached hydrogens (tertiary/aromatic N) is 1. The molecule has 0 radical (unpaired) electrons. The number of rotatable bonds is 7. The molecule has 0 aliphatic carbocycles. The third kappa shape index (κ3) is 4.25. The largest absolute Gasteiger partial charge is 0.436 e. The highest BCUT2D eigenvalue weighted by Crippen LogP contribution is 2.28. The first-order chi connectivity index (χ1) is 12.6. The van der Waals surface area contributed by atoms with E-state index in [9.17, 15) is 4.79 Å². The van der Waals surface area contributed by atoms with Gasteiger partial charge >= 0.3 is 0 Å². The number of hydrogen-bond acceptors (Lipinski definition) is 3. The highest BCUT2D eigenvalue weighted by Gasteiger charge is 2.11. The van der Waals surface area contributed by atoms with Crippen LogP contribution >= 0.6 is 11.6 Å². The van der Waals surface area contributed by atoms with Crippen LogP contribution in [0, 0.1) is 0 Å². The number of hydrogen-bond donors (Lipinski definition) is 1. The lowest BCUT2D eigenvalue weighted by molar-refractivity contribution is -0.116. The third-order valence-corrected chi connectivity index (χ3v) is 4.81. The van der Waals surface area contributed by atoms with Crippen molar-refractivity contribution in [2.75, 3.05) is 11.2 Å². The molecule has 5 heteroatoms. The number of amides is 1. The van der Waals surface area contributed by atoms with Crippen LogP contribution in [0.1, 0.15) is 44.6 Å². The van der Waals surface area contributed by atoms with Crippen LogP contribution in [0.15, 0.2) is 46.9 Å². The molecule has 0 spiro atoms. The van der Waals surface area contributed by atoms with Crippen LogP contribution in [-0.4, -0.2) is 16.8 Å². The molecule has 0 aliphatic rings. The lowest BCUT2D eigenvalue weighted by atomic mass is 9.98. The van der Waals surface area contributed by atoms with Crippen molar-refractivity contribution in [2.45, 2.75) is 39.0 Å². The maximum absolute atomic E-state index is 11.8. The summed E-state index contributed by atoms with van der Waals surface area (Å²) in [5.41, 5.74) is 4.56. The first-order valence-electron chi connectivity index (χ1n) is 8.97. The van der Waals surface area contributed by atoms with Gasteiger partial charge in [0.2, 0.25) is 11.8 Å². The van der Waals surface area contributed by atoms with E-state index in [1.165, 1.54) is 5.56 Å². The quantitative estimate of drug-likeness (QED) is 0.521. The number of carbonyl (C=O) groups excluding carboxylic acids is 1. The van der Waals surface area contributed by atoms with Crippen LogP contribution < -0.4 is 5.32 Å². The topological polar surface area (TPSA) is 55.1 Å². The normalized spacial score (nSPS) is 12.3.